The fraction of sp³-hybridized carbons (Fsp3) is 0.385. The number of benzene rings is 1. The van der Waals surface area contributed by atoms with Crippen LogP contribution >= 0.6 is 0 Å². The van der Waals surface area contributed by atoms with Gasteiger partial charge in [0, 0.05) is 23.7 Å². The molecular weight excluding hydrogens is 184 g/mol. The third kappa shape index (κ3) is 1.65. The number of H-pyrrole nitrogens is 1. The van der Waals surface area contributed by atoms with Gasteiger partial charge in [-0.2, -0.15) is 0 Å². The first-order valence-corrected chi connectivity index (χ1v) is 5.72. The van der Waals surface area contributed by atoms with Crippen LogP contribution in [0.5, 0.6) is 0 Å². The Kier molecular flexibility index (Phi) is 2.22. The third-order valence-corrected chi connectivity index (χ3v) is 3.29. The lowest BCUT2D eigenvalue weighted by Crippen LogP contribution is -2.28. The predicted molar refractivity (Wildman–Crippen MR) is 63.1 cm³/mol. The molecule has 0 amide bonds. The molecule has 78 valence electrons. The molecule has 0 spiro atoms. The van der Waals surface area contributed by atoms with Crippen LogP contribution in [0, 0.1) is 0 Å². The minimum absolute atomic E-state index is 0.672. The fourth-order valence-electron chi connectivity index (χ4n) is 2.43. The van der Waals surface area contributed by atoms with E-state index in [1.54, 1.807) is 0 Å². The van der Waals surface area contributed by atoms with E-state index in [2.05, 4.69) is 40.6 Å². The van der Waals surface area contributed by atoms with Crippen molar-refractivity contribution in [3.8, 4) is 0 Å². The minimum atomic E-state index is 0.672. The van der Waals surface area contributed by atoms with E-state index < -0.39 is 0 Å². The van der Waals surface area contributed by atoms with Crippen molar-refractivity contribution in [3.63, 3.8) is 0 Å². The number of nitrogens with one attached hydrogen (secondary N) is 2. The summed E-state index contributed by atoms with van der Waals surface area (Å²) in [6.45, 7) is 2.30. The molecule has 2 N–H and O–H groups in total. The molecule has 1 aliphatic rings. The van der Waals surface area contributed by atoms with Gasteiger partial charge in [-0.25, -0.2) is 0 Å². The van der Waals surface area contributed by atoms with E-state index >= 15 is 0 Å². The molecule has 3 rings (SSSR count). The molecule has 2 nitrogen and oxygen atoms in total. The summed E-state index contributed by atoms with van der Waals surface area (Å²) >= 11 is 0. The molecular formula is C13H16N2. The maximum absolute atomic E-state index is 3.53. The van der Waals surface area contributed by atoms with Crippen LogP contribution in [-0.2, 0) is 0 Å². The van der Waals surface area contributed by atoms with E-state index in [1.807, 2.05) is 0 Å². The number of hydrogen-bond acceptors (Lipinski definition) is 1. The summed E-state index contributed by atoms with van der Waals surface area (Å²) in [4.78, 5) is 3.53. The molecule has 0 radical (unpaired) electrons. The van der Waals surface area contributed by atoms with E-state index in [0.29, 0.717) is 5.92 Å². The summed E-state index contributed by atoms with van der Waals surface area (Å²) in [5.41, 5.74) is 2.65. The quantitative estimate of drug-likeness (QED) is 0.727. The van der Waals surface area contributed by atoms with Gasteiger partial charge in [0.05, 0.1) is 0 Å². The van der Waals surface area contributed by atoms with Crippen LogP contribution in [0.4, 0.5) is 0 Å². The van der Waals surface area contributed by atoms with Gasteiger partial charge in [0.15, 0.2) is 0 Å². The standard InChI is InChI=1S/C13H16N2/c1-2-6-12-10(4-1)8-13(15-12)11-5-3-7-14-9-11/h1-2,4,6,8,11,14-15H,3,5,7,9H2. The highest BCUT2D eigenvalue weighted by atomic mass is 14.9. The Hall–Kier alpha value is -1.28. The molecule has 1 unspecified atom stereocenters. The van der Waals surface area contributed by atoms with Gasteiger partial charge >= 0.3 is 0 Å². The molecule has 2 heteroatoms. The maximum atomic E-state index is 3.53. The molecule has 1 aromatic carbocycles. The molecule has 0 bridgehead atoms. The lowest BCUT2D eigenvalue weighted by Gasteiger charge is -2.21. The van der Waals surface area contributed by atoms with Crippen LogP contribution < -0.4 is 5.32 Å². The second-order valence-corrected chi connectivity index (χ2v) is 4.36. The van der Waals surface area contributed by atoms with Gasteiger partial charge < -0.3 is 10.3 Å². The third-order valence-electron chi connectivity index (χ3n) is 3.29. The molecule has 2 heterocycles. The number of rotatable bonds is 1. The molecule has 0 aliphatic carbocycles. The Morgan fingerprint density at radius 3 is 2.93 bits per heavy atom. The zero-order chi connectivity index (χ0) is 10.1. The van der Waals surface area contributed by atoms with Crippen LogP contribution in [0.25, 0.3) is 10.9 Å². The Labute approximate surface area is 89.7 Å². The fourth-order valence-corrected chi connectivity index (χ4v) is 2.43. The van der Waals surface area contributed by atoms with E-state index in [0.717, 1.165) is 6.54 Å². The SMILES string of the molecule is c1ccc2[nH]c(C3CCCNC3)cc2c1. The Balaban J connectivity index is 1.96. The number of para-hydroxylation sites is 1. The van der Waals surface area contributed by atoms with Gasteiger partial charge in [-0.1, -0.05) is 18.2 Å². The Morgan fingerprint density at radius 1 is 1.20 bits per heavy atom. The Bertz CT molecular complexity index is 419. The van der Waals surface area contributed by atoms with E-state index in [1.165, 1.54) is 36.0 Å². The summed E-state index contributed by atoms with van der Waals surface area (Å²) in [5.74, 6) is 0.672. The molecule has 2 aromatic rings. The summed E-state index contributed by atoms with van der Waals surface area (Å²) in [6, 6.07) is 10.8. The smallest absolute Gasteiger partial charge is 0.0456 e. The van der Waals surface area contributed by atoms with E-state index in [4.69, 9.17) is 0 Å². The lowest BCUT2D eigenvalue weighted by atomic mass is 9.96. The van der Waals surface area contributed by atoms with Crippen molar-refractivity contribution in [2.75, 3.05) is 13.1 Å². The van der Waals surface area contributed by atoms with Gasteiger partial charge in [-0.05, 0) is 36.9 Å². The summed E-state index contributed by atoms with van der Waals surface area (Å²) in [6.07, 6.45) is 2.60. The molecule has 1 fully saturated rings. The van der Waals surface area contributed by atoms with Crippen molar-refractivity contribution in [1.82, 2.24) is 10.3 Å². The van der Waals surface area contributed by atoms with Crippen molar-refractivity contribution >= 4 is 10.9 Å². The predicted octanol–water partition coefficient (Wildman–Crippen LogP) is 2.63. The second kappa shape index (κ2) is 3.70. The van der Waals surface area contributed by atoms with Crippen LogP contribution in [0.1, 0.15) is 24.5 Å². The van der Waals surface area contributed by atoms with Crippen LogP contribution in [0.2, 0.25) is 0 Å². The average molecular weight is 200 g/mol. The minimum Gasteiger partial charge on any atom is -0.358 e. The highest BCUT2D eigenvalue weighted by Gasteiger charge is 2.16. The number of piperidine rings is 1. The van der Waals surface area contributed by atoms with Gasteiger partial charge in [0.2, 0.25) is 0 Å². The number of fused-ring (bicyclic) bond motifs is 1. The van der Waals surface area contributed by atoms with Crippen molar-refractivity contribution in [1.29, 1.82) is 0 Å². The van der Waals surface area contributed by atoms with Crippen molar-refractivity contribution in [3.05, 3.63) is 36.0 Å². The van der Waals surface area contributed by atoms with Crippen LogP contribution in [0.3, 0.4) is 0 Å². The average Bonchev–Trinajstić information content (AvgIpc) is 2.74. The van der Waals surface area contributed by atoms with E-state index in [9.17, 15) is 0 Å². The molecule has 1 aromatic heterocycles. The number of aromatic nitrogens is 1. The highest BCUT2D eigenvalue weighted by molar-refractivity contribution is 5.80. The van der Waals surface area contributed by atoms with Crippen LogP contribution in [-0.4, -0.2) is 18.1 Å². The summed E-state index contributed by atoms with van der Waals surface area (Å²) < 4.78 is 0. The number of hydrogen-bond donors (Lipinski definition) is 2. The van der Waals surface area contributed by atoms with Crippen LogP contribution in [0.15, 0.2) is 30.3 Å². The monoisotopic (exact) mass is 200 g/mol. The summed E-state index contributed by atoms with van der Waals surface area (Å²) in [5, 5.41) is 4.79. The zero-order valence-corrected chi connectivity index (χ0v) is 8.79. The lowest BCUT2D eigenvalue weighted by molar-refractivity contribution is 0.456. The Morgan fingerprint density at radius 2 is 2.13 bits per heavy atom. The van der Waals surface area contributed by atoms with Gasteiger partial charge in [-0.15, -0.1) is 0 Å². The van der Waals surface area contributed by atoms with Crippen molar-refractivity contribution in [2.24, 2.45) is 0 Å². The first-order valence-electron chi connectivity index (χ1n) is 5.72. The largest absolute Gasteiger partial charge is 0.358 e. The van der Waals surface area contributed by atoms with Gasteiger partial charge in [-0.3, -0.25) is 0 Å². The second-order valence-electron chi connectivity index (χ2n) is 4.36. The van der Waals surface area contributed by atoms with Gasteiger partial charge in [0.25, 0.3) is 0 Å². The molecule has 1 atom stereocenters. The summed E-state index contributed by atoms with van der Waals surface area (Å²) in [7, 11) is 0. The van der Waals surface area contributed by atoms with E-state index in [-0.39, 0.29) is 0 Å². The molecule has 1 saturated heterocycles. The first-order chi connectivity index (χ1) is 7.43. The normalized spacial score (nSPS) is 22.0. The van der Waals surface area contributed by atoms with Gasteiger partial charge in [0.1, 0.15) is 0 Å². The topological polar surface area (TPSA) is 27.8 Å². The first kappa shape index (κ1) is 8.98. The molecule has 1 aliphatic heterocycles. The zero-order valence-electron chi connectivity index (χ0n) is 8.79. The highest BCUT2D eigenvalue weighted by Crippen LogP contribution is 2.25. The molecule has 15 heavy (non-hydrogen) atoms. The number of aromatic amines is 1. The molecule has 0 saturated carbocycles. The van der Waals surface area contributed by atoms with Crippen molar-refractivity contribution in [2.45, 2.75) is 18.8 Å². The van der Waals surface area contributed by atoms with Crippen molar-refractivity contribution < 1.29 is 0 Å². The maximum Gasteiger partial charge on any atom is 0.0456 e.